The Bertz CT molecular complexity index is 1330. The first-order valence-corrected chi connectivity index (χ1v) is 19.7. The molecule has 3 aromatic carbocycles. The molecule has 1 aliphatic rings. The minimum absolute atomic E-state index is 0.198. The van der Waals surface area contributed by atoms with Crippen LogP contribution in [0.5, 0.6) is 0 Å². The predicted octanol–water partition coefficient (Wildman–Crippen LogP) is 9.79. The number of benzene rings is 3. The molecule has 0 amide bonds. The molecule has 1 saturated carbocycles. The molecule has 0 aliphatic heterocycles. The number of unbranched alkanes of at least 4 members (excludes halogenated alkanes) is 2. The third-order valence-corrected chi connectivity index (χ3v) is 13.0. The maximum atomic E-state index is 12.2. The Morgan fingerprint density at radius 3 is 2.02 bits per heavy atom. The van der Waals surface area contributed by atoms with Crippen LogP contribution in [0.3, 0.4) is 0 Å². The lowest BCUT2D eigenvalue weighted by Gasteiger charge is -2.29. The van der Waals surface area contributed by atoms with E-state index in [0.29, 0.717) is 11.5 Å². The van der Waals surface area contributed by atoms with Gasteiger partial charge in [0, 0.05) is 12.2 Å². The van der Waals surface area contributed by atoms with Crippen LogP contribution < -0.4 is 5.19 Å². The zero-order chi connectivity index (χ0) is 30.8. The van der Waals surface area contributed by atoms with Gasteiger partial charge in [-0.2, -0.15) is 0 Å². The molecule has 4 heteroatoms. The fourth-order valence-electron chi connectivity index (χ4n) is 6.75. The molecule has 0 heterocycles. The molecule has 0 spiro atoms. The molecule has 0 radical (unpaired) electrons. The fraction of sp³-hybridized carbons (Fsp3) is 0.462. The highest BCUT2D eigenvalue weighted by atomic mass is 28.3. The summed E-state index contributed by atoms with van der Waals surface area (Å²) in [7, 11) is -1.82. The van der Waals surface area contributed by atoms with E-state index in [1.54, 1.807) is 6.92 Å². The van der Waals surface area contributed by atoms with Crippen molar-refractivity contribution in [2.45, 2.75) is 103 Å². The van der Waals surface area contributed by atoms with Gasteiger partial charge in [0.2, 0.25) is 0 Å². The number of aliphatic hydroxyl groups is 1. The summed E-state index contributed by atoms with van der Waals surface area (Å²) in [4.78, 5) is 12.2. The van der Waals surface area contributed by atoms with Crippen LogP contribution in [0.4, 0.5) is 0 Å². The van der Waals surface area contributed by atoms with Crippen LogP contribution in [0.25, 0.3) is 22.3 Å². The zero-order valence-electron chi connectivity index (χ0n) is 27.0. The molecule has 0 unspecified atom stereocenters. The third kappa shape index (κ3) is 9.03. The number of carbonyl (C=O) groups is 1. The van der Waals surface area contributed by atoms with E-state index in [4.69, 9.17) is 4.74 Å². The average Bonchev–Trinajstić information content (AvgIpc) is 3.03. The van der Waals surface area contributed by atoms with Crippen molar-refractivity contribution in [2.24, 2.45) is 5.92 Å². The molecule has 43 heavy (non-hydrogen) atoms. The predicted molar refractivity (Wildman–Crippen MR) is 184 cm³/mol. The lowest BCUT2D eigenvalue weighted by Crippen LogP contribution is -2.43. The highest BCUT2D eigenvalue weighted by molar-refractivity contribution is 6.90. The van der Waals surface area contributed by atoms with Crippen molar-refractivity contribution in [3.05, 3.63) is 90.0 Å². The largest absolute Gasteiger partial charge is 0.457 e. The quantitative estimate of drug-likeness (QED) is 0.0872. The van der Waals surface area contributed by atoms with Crippen molar-refractivity contribution >= 4 is 19.2 Å². The van der Waals surface area contributed by atoms with E-state index in [1.807, 2.05) is 0 Å². The molecule has 230 valence electrons. The van der Waals surface area contributed by atoms with Crippen LogP contribution >= 0.6 is 0 Å². The van der Waals surface area contributed by atoms with Crippen LogP contribution in [0.1, 0.15) is 88.7 Å². The van der Waals surface area contributed by atoms with Crippen molar-refractivity contribution in [1.29, 1.82) is 0 Å². The van der Waals surface area contributed by atoms with Gasteiger partial charge in [-0.05, 0) is 90.3 Å². The summed E-state index contributed by atoms with van der Waals surface area (Å²) in [5, 5.41) is 10.7. The number of ether oxygens (including phenoxy) is 1. The van der Waals surface area contributed by atoms with Gasteiger partial charge in [-0.15, -0.1) is 0 Å². The first kappa shape index (κ1) is 33.0. The van der Waals surface area contributed by atoms with E-state index in [9.17, 15) is 9.90 Å². The molecule has 0 atom stereocenters. The van der Waals surface area contributed by atoms with Gasteiger partial charge in [0.1, 0.15) is 6.61 Å². The summed E-state index contributed by atoms with van der Waals surface area (Å²) in [5.74, 6) is 1.29. The van der Waals surface area contributed by atoms with Gasteiger partial charge in [0.05, 0.1) is 8.07 Å². The van der Waals surface area contributed by atoms with Gasteiger partial charge in [-0.1, -0.05) is 124 Å². The lowest BCUT2D eigenvalue weighted by molar-refractivity contribution is -0.140. The molecule has 1 aliphatic carbocycles. The monoisotopic (exact) mass is 596 g/mol. The number of hydrogen-bond donors (Lipinski definition) is 1. The standard InChI is InChI=1S/C39H52O3Si/c1-6-7-8-10-30-11-13-31(14-12-30)32-15-17-33(18-16-32)34-19-21-35(22-20-34)36-23-24-38(43(4,5)26-9-25-40)37(27-36)28-42-39(41)29(2)3/h15-24,27,30-31,40H,2,6-14,25-26,28H2,1,3-5H3. The van der Waals surface area contributed by atoms with E-state index >= 15 is 0 Å². The topological polar surface area (TPSA) is 46.5 Å². The molecular weight excluding hydrogens is 545 g/mol. The second-order valence-corrected chi connectivity index (χ2v) is 18.2. The molecule has 3 nitrogen and oxygen atoms in total. The molecule has 1 N–H and O–H groups in total. The van der Waals surface area contributed by atoms with Gasteiger partial charge >= 0.3 is 5.97 Å². The summed E-state index contributed by atoms with van der Waals surface area (Å²) < 4.78 is 5.61. The fourth-order valence-corrected chi connectivity index (χ4v) is 9.60. The second-order valence-electron chi connectivity index (χ2n) is 13.4. The lowest BCUT2D eigenvalue weighted by atomic mass is 9.77. The van der Waals surface area contributed by atoms with E-state index in [0.717, 1.165) is 35.1 Å². The van der Waals surface area contributed by atoms with E-state index in [1.165, 1.54) is 73.2 Å². The maximum absolute atomic E-state index is 12.2. The number of esters is 1. The highest BCUT2D eigenvalue weighted by Gasteiger charge is 2.26. The molecule has 0 saturated heterocycles. The summed E-state index contributed by atoms with van der Waals surface area (Å²) >= 11 is 0. The Balaban J connectivity index is 1.46. The number of hydrogen-bond acceptors (Lipinski definition) is 3. The van der Waals surface area contributed by atoms with Crippen LogP contribution in [-0.4, -0.2) is 25.8 Å². The Morgan fingerprint density at radius 1 is 0.860 bits per heavy atom. The molecule has 4 rings (SSSR count). The Labute approximate surface area is 261 Å². The summed E-state index contributed by atoms with van der Waals surface area (Å²) in [6.07, 6.45) is 11.8. The van der Waals surface area contributed by atoms with E-state index in [2.05, 4.69) is 93.3 Å². The van der Waals surface area contributed by atoms with Gasteiger partial charge in [0.15, 0.2) is 0 Å². The van der Waals surface area contributed by atoms with Gasteiger partial charge < -0.3 is 9.84 Å². The van der Waals surface area contributed by atoms with Crippen LogP contribution in [-0.2, 0) is 16.1 Å². The average molecular weight is 597 g/mol. The van der Waals surface area contributed by atoms with Crippen molar-refractivity contribution < 1.29 is 14.6 Å². The minimum Gasteiger partial charge on any atom is -0.457 e. The van der Waals surface area contributed by atoms with Crippen molar-refractivity contribution in [3.63, 3.8) is 0 Å². The van der Waals surface area contributed by atoms with Crippen LogP contribution in [0, 0.1) is 5.92 Å². The Hall–Kier alpha value is -2.95. The van der Waals surface area contributed by atoms with Crippen LogP contribution in [0.2, 0.25) is 19.1 Å². The molecular formula is C39H52O3Si. The smallest absolute Gasteiger partial charge is 0.333 e. The Morgan fingerprint density at radius 2 is 1.44 bits per heavy atom. The van der Waals surface area contributed by atoms with Crippen molar-refractivity contribution in [3.8, 4) is 22.3 Å². The molecule has 1 fully saturated rings. The highest BCUT2D eigenvalue weighted by Crippen LogP contribution is 2.38. The normalized spacial score (nSPS) is 17.0. The summed E-state index contributed by atoms with van der Waals surface area (Å²) in [6, 6.07) is 25.7. The first-order chi connectivity index (χ1) is 20.7. The van der Waals surface area contributed by atoms with Crippen molar-refractivity contribution in [1.82, 2.24) is 0 Å². The molecule has 0 aromatic heterocycles. The Kier molecular flexibility index (Phi) is 12.0. The SMILES string of the molecule is C=C(C)C(=O)OCc1cc(-c2ccc(-c3ccc(C4CCC(CCCCC)CC4)cc3)cc2)ccc1[Si](C)(C)CCCO. The molecule has 3 aromatic rings. The van der Waals surface area contributed by atoms with Crippen LogP contribution in [0.15, 0.2) is 78.9 Å². The zero-order valence-corrected chi connectivity index (χ0v) is 28.0. The van der Waals surface area contributed by atoms with E-state index < -0.39 is 8.07 Å². The second kappa shape index (κ2) is 15.7. The number of rotatable bonds is 14. The third-order valence-electron chi connectivity index (χ3n) is 9.50. The van der Waals surface area contributed by atoms with Gasteiger partial charge in [-0.3, -0.25) is 0 Å². The van der Waals surface area contributed by atoms with Gasteiger partial charge in [0.25, 0.3) is 0 Å². The minimum atomic E-state index is -1.82. The molecule has 0 bridgehead atoms. The summed E-state index contributed by atoms with van der Waals surface area (Å²) in [5.41, 5.74) is 7.69. The number of carbonyl (C=O) groups excluding carboxylic acids is 1. The van der Waals surface area contributed by atoms with E-state index in [-0.39, 0.29) is 19.2 Å². The number of aliphatic hydroxyl groups excluding tert-OH is 1. The first-order valence-electron chi connectivity index (χ1n) is 16.5. The van der Waals surface area contributed by atoms with Crippen molar-refractivity contribution in [2.75, 3.05) is 6.61 Å². The summed E-state index contributed by atoms with van der Waals surface area (Å²) in [6.45, 7) is 12.8. The van der Waals surface area contributed by atoms with Gasteiger partial charge in [-0.25, -0.2) is 4.79 Å². The maximum Gasteiger partial charge on any atom is 0.333 e.